The van der Waals surface area contributed by atoms with Crippen molar-refractivity contribution in [3.8, 4) is 0 Å². The first-order valence-corrected chi connectivity index (χ1v) is 10.2. The highest BCUT2D eigenvalue weighted by atomic mass is 16.5. The molecule has 0 aliphatic carbocycles. The van der Waals surface area contributed by atoms with Crippen molar-refractivity contribution in [1.82, 2.24) is 4.90 Å². The number of piperidine rings is 1. The van der Waals surface area contributed by atoms with Gasteiger partial charge in [0.1, 0.15) is 0 Å². The van der Waals surface area contributed by atoms with Crippen molar-refractivity contribution in [2.75, 3.05) is 20.2 Å². The minimum atomic E-state index is -0.512. The molecule has 2 aromatic rings. The molecule has 1 amide bonds. The molecule has 1 fully saturated rings. The second-order valence-electron chi connectivity index (χ2n) is 7.89. The maximum atomic E-state index is 13.3. The first-order chi connectivity index (χ1) is 13.7. The summed E-state index contributed by atoms with van der Waals surface area (Å²) in [6.45, 7) is 3.01. The summed E-state index contributed by atoms with van der Waals surface area (Å²) in [5, 5.41) is 0. The van der Waals surface area contributed by atoms with Crippen LogP contribution in [0.25, 0.3) is 0 Å². The number of nitrogens with zero attached hydrogens (tertiary/aromatic N) is 2. The van der Waals surface area contributed by atoms with Gasteiger partial charge in [0.2, 0.25) is 0 Å². The zero-order valence-corrected chi connectivity index (χ0v) is 16.5. The van der Waals surface area contributed by atoms with E-state index < -0.39 is 5.41 Å². The Bertz CT molecular complexity index is 826. The van der Waals surface area contributed by atoms with Crippen molar-refractivity contribution in [3.05, 3.63) is 71.8 Å². The van der Waals surface area contributed by atoms with Crippen molar-refractivity contribution >= 4 is 11.8 Å². The van der Waals surface area contributed by atoms with Gasteiger partial charge in [-0.3, -0.25) is 9.69 Å². The number of likely N-dealkylation sites (tertiary alicyclic amines) is 1. The highest BCUT2D eigenvalue weighted by Gasteiger charge is 2.49. The maximum absolute atomic E-state index is 13.3. The number of methoxy groups -OCH3 is 1. The minimum absolute atomic E-state index is 0.0247. The van der Waals surface area contributed by atoms with Gasteiger partial charge < -0.3 is 4.74 Å². The predicted molar refractivity (Wildman–Crippen MR) is 111 cm³/mol. The highest BCUT2D eigenvalue weighted by Crippen LogP contribution is 2.45. The van der Waals surface area contributed by atoms with Crippen molar-refractivity contribution < 1.29 is 9.53 Å². The second kappa shape index (κ2) is 8.27. The molecule has 1 unspecified atom stereocenters. The molecule has 4 rings (SSSR count). The Balaban J connectivity index is 1.54. The van der Waals surface area contributed by atoms with Gasteiger partial charge in [-0.2, -0.15) is 4.99 Å². The van der Waals surface area contributed by atoms with E-state index in [-0.39, 0.29) is 5.91 Å². The Hall–Kier alpha value is -2.46. The van der Waals surface area contributed by atoms with Gasteiger partial charge in [0.25, 0.3) is 5.91 Å². The summed E-state index contributed by atoms with van der Waals surface area (Å²) in [5.41, 5.74) is 1.95. The van der Waals surface area contributed by atoms with Crippen LogP contribution >= 0.6 is 0 Å². The fraction of sp³-hybridized carbons (Fsp3) is 0.417. The molecule has 4 nitrogen and oxygen atoms in total. The van der Waals surface area contributed by atoms with E-state index in [9.17, 15) is 4.79 Å². The Morgan fingerprint density at radius 3 is 2.29 bits per heavy atom. The standard InChI is InChI=1S/C24H28N2O2/c1-28-22-12-15-24(23(27)25-22,20-10-6-3-7-11-20)21-13-16-26(17-14-21)18-19-8-4-2-5-9-19/h2-11,21H,12-18H2,1H3. The molecule has 2 heterocycles. The number of rotatable bonds is 4. The third-order valence-corrected chi connectivity index (χ3v) is 6.40. The quantitative estimate of drug-likeness (QED) is 0.803. The van der Waals surface area contributed by atoms with Gasteiger partial charge in [-0.05, 0) is 49.4 Å². The van der Waals surface area contributed by atoms with Crippen LogP contribution in [0.1, 0.15) is 36.8 Å². The average Bonchev–Trinajstić information content (AvgIpc) is 2.76. The van der Waals surface area contributed by atoms with E-state index in [0.717, 1.165) is 50.9 Å². The highest BCUT2D eigenvalue weighted by molar-refractivity contribution is 6.00. The normalized spacial score (nSPS) is 24.0. The number of amides is 1. The lowest BCUT2D eigenvalue weighted by atomic mass is 9.63. The van der Waals surface area contributed by atoms with Crippen molar-refractivity contribution in [1.29, 1.82) is 0 Å². The number of benzene rings is 2. The number of aliphatic imine (C=N–C) groups is 1. The van der Waals surface area contributed by atoms with Crippen LogP contribution in [-0.2, 0) is 21.5 Å². The minimum Gasteiger partial charge on any atom is -0.484 e. The molecule has 0 bridgehead atoms. The summed E-state index contributed by atoms with van der Waals surface area (Å²) in [6, 6.07) is 20.9. The fourth-order valence-corrected chi connectivity index (χ4v) is 4.87. The van der Waals surface area contributed by atoms with Crippen LogP contribution in [0.4, 0.5) is 0 Å². The monoisotopic (exact) mass is 376 g/mol. The Morgan fingerprint density at radius 1 is 1.04 bits per heavy atom. The summed E-state index contributed by atoms with van der Waals surface area (Å²) < 4.78 is 5.28. The number of hydrogen-bond donors (Lipinski definition) is 0. The number of ether oxygens (including phenoxy) is 1. The molecular weight excluding hydrogens is 348 g/mol. The number of carbonyl (C=O) groups excluding carboxylic acids is 1. The number of hydrogen-bond acceptors (Lipinski definition) is 3. The van der Waals surface area contributed by atoms with Crippen molar-refractivity contribution in [2.24, 2.45) is 10.9 Å². The molecule has 2 aliphatic heterocycles. The molecule has 2 aromatic carbocycles. The van der Waals surface area contributed by atoms with E-state index in [2.05, 4.69) is 52.4 Å². The van der Waals surface area contributed by atoms with Gasteiger partial charge in [0, 0.05) is 13.0 Å². The van der Waals surface area contributed by atoms with Gasteiger partial charge >= 0.3 is 0 Å². The van der Waals surface area contributed by atoms with E-state index in [1.165, 1.54) is 5.56 Å². The average molecular weight is 377 g/mol. The smallest absolute Gasteiger partial charge is 0.259 e. The molecule has 28 heavy (non-hydrogen) atoms. The fourth-order valence-electron chi connectivity index (χ4n) is 4.87. The van der Waals surface area contributed by atoms with E-state index in [4.69, 9.17) is 4.74 Å². The molecule has 0 saturated carbocycles. The van der Waals surface area contributed by atoms with Gasteiger partial charge in [-0.25, -0.2) is 0 Å². The molecule has 1 saturated heterocycles. The first-order valence-electron chi connectivity index (χ1n) is 10.2. The lowest BCUT2D eigenvalue weighted by Gasteiger charge is -2.44. The molecule has 0 spiro atoms. The van der Waals surface area contributed by atoms with Crippen molar-refractivity contribution in [3.63, 3.8) is 0 Å². The van der Waals surface area contributed by atoms with Gasteiger partial charge in [-0.1, -0.05) is 60.7 Å². The van der Waals surface area contributed by atoms with Crippen LogP contribution in [0.5, 0.6) is 0 Å². The third kappa shape index (κ3) is 3.61. The van der Waals surface area contributed by atoms with Gasteiger partial charge in [0.15, 0.2) is 5.90 Å². The van der Waals surface area contributed by atoms with Crippen LogP contribution in [0, 0.1) is 5.92 Å². The van der Waals surface area contributed by atoms with Crippen molar-refractivity contribution in [2.45, 2.75) is 37.6 Å². The van der Waals surface area contributed by atoms with E-state index in [1.807, 2.05) is 18.2 Å². The molecule has 2 aliphatic rings. The lowest BCUT2D eigenvalue weighted by molar-refractivity contribution is -0.127. The first kappa shape index (κ1) is 18.9. The van der Waals surface area contributed by atoms with Gasteiger partial charge in [-0.15, -0.1) is 0 Å². The zero-order valence-electron chi connectivity index (χ0n) is 16.5. The van der Waals surface area contributed by atoms with E-state index in [1.54, 1.807) is 7.11 Å². The summed E-state index contributed by atoms with van der Waals surface area (Å²) in [6.07, 6.45) is 3.55. The molecule has 0 N–H and O–H groups in total. The Morgan fingerprint density at radius 2 is 1.68 bits per heavy atom. The largest absolute Gasteiger partial charge is 0.484 e. The molecule has 0 radical (unpaired) electrons. The lowest BCUT2D eigenvalue weighted by Crippen LogP contribution is -2.49. The molecule has 146 valence electrons. The van der Waals surface area contributed by atoms with Crippen LogP contribution in [0.2, 0.25) is 0 Å². The topological polar surface area (TPSA) is 41.9 Å². The Kier molecular flexibility index (Phi) is 5.58. The number of carbonyl (C=O) groups is 1. The molecular formula is C24H28N2O2. The van der Waals surface area contributed by atoms with E-state index >= 15 is 0 Å². The summed E-state index contributed by atoms with van der Waals surface area (Å²) >= 11 is 0. The molecule has 4 heteroatoms. The predicted octanol–water partition coefficient (Wildman–Crippen LogP) is 4.20. The van der Waals surface area contributed by atoms with E-state index in [0.29, 0.717) is 11.8 Å². The van der Waals surface area contributed by atoms with Crippen LogP contribution < -0.4 is 0 Å². The summed E-state index contributed by atoms with van der Waals surface area (Å²) in [5.74, 6) is 0.859. The SMILES string of the molecule is COC1=NC(=O)C(c2ccccc2)(C2CCN(Cc3ccccc3)CC2)CC1. The zero-order chi connectivity index (χ0) is 19.4. The second-order valence-corrected chi connectivity index (χ2v) is 7.89. The molecule has 0 aromatic heterocycles. The maximum Gasteiger partial charge on any atom is 0.259 e. The summed E-state index contributed by atoms with van der Waals surface area (Å²) in [4.78, 5) is 20.1. The summed E-state index contributed by atoms with van der Waals surface area (Å²) in [7, 11) is 1.60. The van der Waals surface area contributed by atoms with Crippen LogP contribution in [-0.4, -0.2) is 36.9 Å². The molecule has 1 atom stereocenters. The van der Waals surface area contributed by atoms with Crippen LogP contribution in [0.3, 0.4) is 0 Å². The van der Waals surface area contributed by atoms with Gasteiger partial charge in [0.05, 0.1) is 12.5 Å². The Labute approximate surface area is 167 Å². The van der Waals surface area contributed by atoms with Crippen LogP contribution in [0.15, 0.2) is 65.7 Å². The third-order valence-electron chi connectivity index (χ3n) is 6.40.